The summed E-state index contributed by atoms with van der Waals surface area (Å²) in [4.78, 5) is 17.4. The number of carbonyl (C=O) groups excluding carboxylic acids is 1. The molecule has 6 rings (SSSR count). The molecule has 1 aliphatic rings. The van der Waals surface area contributed by atoms with E-state index >= 15 is 0 Å². The average Bonchev–Trinajstić information content (AvgIpc) is 3.54. The number of pyridine rings is 1. The molecular weight excluding hydrogens is 473 g/mol. The van der Waals surface area contributed by atoms with E-state index in [0.717, 1.165) is 5.39 Å². The number of nitrogens with one attached hydrogen (secondary N) is 2. The van der Waals surface area contributed by atoms with E-state index in [1.54, 1.807) is 53.4 Å². The zero-order valence-electron chi connectivity index (χ0n) is 20.1. The second-order valence-electron chi connectivity index (χ2n) is 8.96. The molecule has 1 amide bonds. The highest BCUT2D eigenvalue weighted by Crippen LogP contribution is 2.39. The van der Waals surface area contributed by atoms with Crippen LogP contribution in [0.3, 0.4) is 0 Å². The molecule has 10 heteroatoms. The van der Waals surface area contributed by atoms with Crippen LogP contribution in [-0.2, 0) is 0 Å². The van der Waals surface area contributed by atoms with Crippen LogP contribution in [0.2, 0.25) is 0 Å². The summed E-state index contributed by atoms with van der Waals surface area (Å²) in [7, 11) is 0. The van der Waals surface area contributed by atoms with Crippen molar-refractivity contribution in [1.82, 2.24) is 35.3 Å². The van der Waals surface area contributed by atoms with Gasteiger partial charge in [-0.2, -0.15) is 5.10 Å². The van der Waals surface area contributed by atoms with Gasteiger partial charge in [0.2, 0.25) is 0 Å². The molecule has 3 aromatic heterocycles. The second kappa shape index (κ2) is 9.45. The maximum absolute atomic E-state index is 14.9. The Labute approximate surface area is 211 Å². The smallest absolute Gasteiger partial charge is 0.253 e. The van der Waals surface area contributed by atoms with E-state index < -0.39 is 0 Å². The van der Waals surface area contributed by atoms with Crippen molar-refractivity contribution < 1.29 is 13.9 Å². The molecule has 0 bridgehead atoms. The second-order valence-corrected chi connectivity index (χ2v) is 8.96. The number of ether oxygens (including phenoxy) is 1. The first kappa shape index (κ1) is 22.8. The molecule has 1 fully saturated rings. The molecular formula is C27H24FN7O2. The third kappa shape index (κ3) is 4.20. The number of H-pyrrole nitrogens is 1. The normalized spacial score (nSPS) is 16.9. The lowest BCUT2D eigenvalue weighted by atomic mass is 9.79. The Hall–Kier alpha value is -4.60. The number of aromatic nitrogens is 6. The molecule has 186 valence electrons. The van der Waals surface area contributed by atoms with Gasteiger partial charge in [-0.1, -0.05) is 24.3 Å². The molecule has 0 saturated heterocycles. The molecule has 2 aromatic carbocycles. The number of amides is 1. The first-order valence-electron chi connectivity index (χ1n) is 12.1. The van der Waals surface area contributed by atoms with Gasteiger partial charge in [-0.3, -0.25) is 14.5 Å². The quantitative estimate of drug-likeness (QED) is 0.344. The van der Waals surface area contributed by atoms with E-state index in [-0.39, 0.29) is 23.7 Å². The highest BCUT2D eigenvalue weighted by Gasteiger charge is 2.36. The Morgan fingerprint density at radius 1 is 1.11 bits per heavy atom. The lowest BCUT2D eigenvalue weighted by molar-refractivity contribution is 0.0908. The summed E-state index contributed by atoms with van der Waals surface area (Å²) in [5.74, 6) is 1.18. The van der Waals surface area contributed by atoms with Gasteiger partial charge in [-0.25, -0.2) is 9.37 Å². The summed E-state index contributed by atoms with van der Waals surface area (Å²) in [6, 6.07) is 15.6. The van der Waals surface area contributed by atoms with Crippen molar-refractivity contribution >= 4 is 16.8 Å². The Balaban J connectivity index is 1.26. The maximum Gasteiger partial charge on any atom is 0.253 e. The van der Waals surface area contributed by atoms with Crippen LogP contribution in [-0.4, -0.2) is 48.5 Å². The first-order chi connectivity index (χ1) is 18.1. The number of rotatable bonds is 7. The Morgan fingerprint density at radius 2 is 1.97 bits per heavy atom. The minimum Gasteiger partial charge on any atom is -0.492 e. The molecule has 5 aromatic rings. The van der Waals surface area contributed by atoms with Crippen LogP contribution >= 0.6 is 0 Å². The van der Waals surface area contributed by atoms with Gasteiger partial charge >= 0.3 is 0 Å². The lowest BCUT2D eigenvalue weighted by Crippen LogP contribution is -2.44. The van der Waals surface area contributed by atoms with Crippen LogP contribution < -0.4 is 10.1 Å². The highest BCUT2D eigenvalue weighted by molar-refractivity contribution is 6.05. The number of hydrogen-bond acceptors (Lipinski definition) is 6. The van der Waals surface area contributed by atoms with Crippen molar-refractivity contribution in [3.63, 3.8) is 0 Å². The monoisotopic (exact) mass is 497 g/mol. The largest absolute Gasteiger partial charge is 0.492 e. The number of hydrogen-bond donors (Lipinski definition) is 2. The zero-order chi connectivity index (χ0) is 25.4. The Kier molecular flexibility index (Phi) is 5.84. The third-order valence-electron chi connectivity index (χ3n) is 6.62. The van der Waals surface area contributed by atoms with E-state index in [1.165, 1.54) is 6.07 Å². The standard InChI is InChI=1S/C27H24FN7O2/c1-2-37-19-10-11-22(29-15-19)26-34-33-25(35(26)23-9-4-3-8-21(23)28)17-12-18(13-17)31-27(36)20-7-5-6-16-14-30-32-24(16)20/h3-11,14-15,17-18H,2,12-13H2,1H3,(H,30,32)(H,31,36)/t17-,18-. The number of carbonyl (C=O) groups is 1. The van der Waals surface area contributed by atoms with Gasteiger partial charge < -0.3 is 10.1 Å². The van der Waals surface area contributed by atoms with Crippen molar-refractivity contribution in [2.75, 3.05) is 6.61 Å². The summed E-state index contributed by atoms with van der Waals surface area (Å²) in [5.41, 5.74) is 2.17. The summed E-state index contributed by atoms with van der Waals surface area (Å²) in [6.45, 7) is 2.44. The number of halogens is 1. The summed E-state index contributed by atoms with van der Waals surface area (Å²) < 4.78 is 22.2. The Morgan fingerprint density at radius 3 is 2.76 bits per heavy atom. The first-order valence-corrected chi connectivity index (χ1v) is 12.1. The molecule has 0 atom stereocenters. The summed E-state index contributed by atoms with van der Waals surface area (Å²) in [6.07, 6.45) is 4.63. The van der Waals surface area contributed by atoms with Crippen LogP contribution in [0.5, 0.6) is 5.75 Å². The summed E-state index contributed by atoms with van der Waals surface area (Å²) in [5, 5.41) is 19.7. The van der Waals surface area contributed by atoms with E-state index in [9.17, 15) is 9.18 Å². The van der Waals surface area contributed by atoms with Crippen molar-refractivity contribution in [3.8, 4) is 23.0 Å². The van der Waals surface area contributed by atoms with Gasteiger partial charge in [0, 0.05) is 17.3 Å². The Bertz CT molecular complexity index is 1570. The van der Waals surface area contributed by atoms with Gasteiger partial charge in [-0.05, 0) is 50.1 Å². The lowest BCUT2D eigenvalue weighted by Gasteiger charge is -2.35. The maximum atomic E-state index is 14.9. The molecule has 9 nitrogen and oxygen atoms in total. The van der Waals surface area contributed by atoms with E-state index in [4.69, 9.17) is 4.74 Å². The minimum absolute atomic E-state index is 0.00296. The highest BCUT2D eigenvalue weighted by atomic mass is 19.1. The van der Waals surface area contributed by atoms with E-state index in [2.05, 4.69) is 30.7 Å². The van der Waals surface area contributed by atoms with Crippen LogP contribution in [0.4, 0.5) is 4.39 Å². The molecule has 0 radical (unpaired) electrons. The predicted molar refractivity (Wildman–Crippen MR) is 135 cm³/mol. The van der Waals surface area contributed by atoms with E-state index in [1.807, 2.05) is 19.1 Å². The van der Waals surface area contributed by atoms with Crippen molar-refractivity contribution in [3.05, 3.63) is 84.2 Å². The molecule has 1 aliphatic carbocycles. The molecule has 0 aliphatic heterocycles. The fraction of sp³-hybridized carbons (Fsp3) is 0.222. The van der Waals surface area contributed by atoms with Gasteiger partial charge in [0.25, 0.3) is 5.91 Å². The van der Waals surface area contributed by atoms with E-state index in [0.29, 0.717) is 59.3 Å². The molecule has 0 spiro atoms. The van der Waals surface area contributed by atoms with Crippen LogP contribution in [0, 0.1) is 5.82 Å². The van der Waals surface area contributed by atoms with Crippen LogP contribution in [0.25, 0.3) is 28.1 Å². The SMILES string of the molecule is CCOc1ccc(-c2nnc([C@H]3C[C@H](NC(=O)c4cccc5cn[nH]c45)C3)n2-c2ccccc2F)nc1. The van der Waals surface area contributed by atoms with Gasteiger partial charge in [0.05, 0.1) is 35.8 Å². The number of aromatic amines is 1. The molecule has 1 saturated carbocycles. The summed E-state index contributed by atoms with van der Waals surface area (Å²) >= 11 is 0. The predicted octanol–water partition coefficient (Wildman–Crippen LogP) is 4.42. The number of benzene rings is 2. The number of nitrogens with zero attached hydrogens (tertiary/aromatic N) is 5. The molecule has 2 N–H and O–H groups in total. The number of fused-ring (bicyclic) bond motifs is 1. The van der Waals surface area contributed by atoms with Gasteiger partial charge in [0.1, 0.15) is 23.1 Å². The number of para-hydroxylation sites is 2. The minimum atomic E-state index is -0.382. The third-order valence-corrected chi connectivity index (χ3v) is 6.62. The fourth-order valence-electron chi connectivity index (χ4n) is 4.73. The molecule has 0 unspecified atom stereocenters. The molecule has 3 heterocycles. The van der Waals surface area contributed by atoms with Crippen molar-refractivity contribution in [2.24, 2.45) is 0 Å². The van der Waals surface area contributed by atoms with Crippen molar-refractivity contribution in [2.45, 2.75) is 31.7 Å². The zero-order valence-corrected chi connectivity index (χ0v) is 20.1. The van der Waals surface area contributed by atoms with Crippen molar-refractivity contribution in [1.29, 1.82) is 0 Å². The van der Waals surface area contributed by atoms with Gasteiger partial charge in [-0.15, -0.1) is 10.2 Å². The van der Waals surface area contributed by atoms with Gasteiger partial charge in [0.15, 0.2) is 5.82 Å². The molecule has 37 heavy (non-hydrogen) atoms. The van der Waals surface area contributed by atoms with Crippen LogP contribution in [0.1, 0.15) is 41.9 Å². The van der Waals surface area contributed by atoms with Crippen LogP contribution in [0.15, 0.2) is 67.0 Å². The topological polar surface area (TPSA) is 111 Å². The average molecular weight is 498 g/mol. The fourth-order valence-corrected chi connectivity index (χ4v) is 4.73.